The molecule has 0 aliphatic heterocycles. The van der Waals surface area contributed by atoms with Crippen LogP contribution in [0, 0.1) is 0 Å². The molecule has 0 bridgehead atoms. The molecular weight excluding hydrogens is 520 g/mol. The molecule has 0 unspecified atom stereocenters. The van der Waals surface area contributed by atoms with E-state index in [-0.39, 0.29) is 6.03 Å². The Balaban J connectivity index is 0.00000173. The van der Waals surface area contributed by atoms with Crippen LogP contribution in [0.25, 0.3) is 55.1 Å². The lowest BCUT2D eigenvalue weighted by atomic mass is 9.99. The van der Waals surface area contributed by atoms with Gasteiger partial charge in [-0.25, -0.2) is 4.79 Å². The normalized spacial score (nSPS) is 10.9. The average Bonchev–Trinajstić information content (AvgIpc) is 3.49. The molecule has 0 saturated carbocycles. The summed E-state index contributed by atoms with van der Waals surface area (Å²) in [6.45, 7) is 7.36. The lowest BCUT2D eigenvalue weighted by Crippen LogP contribution is -2.35. The number of urea groups is 1. The van der Waals surface area contributed by atoms with Gasteiger partial charge >= 0.3 is 6.03 Å². The number of para-hydroxylation sites is 1. The van der Waals surface area contributed by atoms with Crippen LogP contribution in [0.5, 0.6) is 0 Å². The number of aromatic nitrogens is 4. The van der Waals surface area contributed by atoms with Crippen molar-refractivity contribution in [3.05, 3.63) is 90.8 Å². The Bertz CT molecular complexity index is 1790. The Hall–Kier alpha value is -4.78. The van der Waals surface area contributed by atoms with Gasteiger partial charge in [-0.3, -0.25) is 15.1 Å². The highest BCUT2D eigenvalue weighted by Crippen LogP contribution is 2.34. The van der Waals surface area contributed by atoms with Crippen molar-refractivity contribution < 1.29 is 4.79 Å². The van der Waals surface area contributed by atoms with Gasteiger partial charge in [-0.1, -0.05) is 88.6 Å². The number of benzene rings is 3. The Morgan fingerprint density at radius 1 is 0.786 bits per heavy atom. The van der Waals surface area contributed by atoms with E-state index in [1.165, 1.54) is 12.8 Å². The summed E-state index contributed by atoms with van der Waals surface area (Å²) in [5, 5.41) is 16.9. The van der Waals surface area contributed by atoms with Crippen molar-refractivity contribution in [1.29, 1.82) is 0 Å². The average molecular weight is 559 g/mol. The summed E-state index contributed by atoms with van der Waals surface area (Å²) in [5.74, 6) is 0. The van der Waals surface area contributed by atoms with E-state index in [1.54, 1.807) is 0 Å². The summed E-state index contributed by atoms with van der Waals surface area (Å²) < 4.78 is 0. The molecule has 214 valence electrons. The third kappa shape index (κ3) is 6.41. The van der Waals surface area contributed by atoms with Crippen molar-refractivity contribution in [3.8, 4) is 22.4 Å². The smallest absolute Gasteiger partial charge is 0.315 e. The molecule has 3 heterocycles. The Labute approximate surface area is 246 Å². The number of fused-ring (bicyclic) bond motifs is 4. The molecule has 0 radical (unpaired) electrons. The summed E-state index contributed by atoms with van der Waals surface area (Å²) >= 11 is 0. The van der Waals surface area contributed by atoms with E-state index in [2.05, 4.69) is 80.2 Å². The van der Waals surface area contributed by atoms with E-state index in [1.807, 2.05) is 56.6 Å². The van der Waals surface area contributed by atoms with Crippen LogP contribution >= 0.6 is 0 Å². The molecule has 6 aromatic rings. The number of nitrogens with zero attached hydrogens (tertiary/aromatic N) is 3. The molecule has 2 amide bonds. The number of amides is 2. The van der Waals surface area contributed by atoms with E-state index in [0.717, 1.165) is 73.5 Å². The number of nitrogens with one attached hydrogen (secondary N) is 3. The Morgan fingerprint density at radius 3 is 2.40 bits per heavy atom. The molecule has 3 aromatic heterocycles. The van der Waals surface area contributed by atoms with Gasteiger partial charge in [0.25, 0.3) is 0 Å². The zero-order valence-electron chi connectivity index (χ0n) is 24.6. The van der Waals surface area contributed by atoms with Crippen LogP contribution in [0.15, 0.2) is 85.2 Å². The van der Waals surface area contributed by atoms with Gasteiger partial charge in [0.2, 0.25) is 0 Å². The first-order chi connectivity index (χ1) is 20.7. The quantitative estimate of drug-likeness (QED) is 0.155. The fourth-order valence-electron chi connectivity index (χ4n) is 5.10. The van der Waals surface area contributed by atoms with Crippen molar-refractivity contribution >= 4 is 38.7 Å². The minimum absolute atomic E-state index is 0.129. The second-order valence-corrected chi connectivity index (χ2v) is 10.1. The summed E-state index contributed by atoms with van der Waals surface area (Å²) in [7, 11) is 0. The monoisotopic (exact) mass is 558 g/mol. The van der Waals surface area contributed by atoms with Crippen molar-refractivity contribution in [2.24, 2.45) is 0 Å². The largest absolute Gasteiger partial charge is 0.338 e. The van der Waals surface area contributed by atoms with Crippen LogP contribution < -0.4 is 10.6 Å². The highest BCUT2D eigenvalue weighted by atomic mass is 16.2. The first-order valence-corrected chi connectivity index (χ1v) is 14.9. The summed E-state index contributed by atoms with van der Waals surface area (Å²) in [6, 6.07) is 24.7. The van der Waals surface area contributed by atoms with Gasteiger partial charge in [0, 0.05) is 46.6 Å². The maximum absolute atomic E-state index is 12.1. The highest BCUT2D eigenvalue weighted by Gasteiger charge is 2.14. The van der Waals surface area contributed by atoms with E-state index < -0.39 is 0 Å². The molecule has 42 heavy (non-hydrogen) atoms. The minimum atomic E-state index is -0.129. The number of hydrogen-bond acceptors (Lipinski definition) is 4. The molecule has 0 aliphatic rings. The third-order valence-electron chi connectivity index (χ3n) is 7.31. The first kappa shape index (κ1) is 28.7. The Kier molecular flexibility index (Phi) is 9.39. The maximum atomic E-state index is 12.1. The molecule has 3 N–H and O–H groups in total. The van der Waals surface area contributed by atoms with E-state index in [4.69, 9.17) is 0 Å². The second-order valence-electron chi connectivity index (χ2n) is 10.1. The molecule has 7 nitrogen and oxygen atoms in total. The zero-order chi connectivity index (χ0) is 29.3. The summed E-state index contributed by atoms with van der Waals surface area (Å²) in [6.07, 6.45) is 8.31. The number of hydrogen-bond donors (Lipinski definition) is 3. The SMILES string of the molecule is CC.CCCCCCNC(=O)NCc1ccc(-c2n[nH]c3cnc4ccc(-c5cnc6ccccc6c5)cc4c23)cc1. The minimum Gasteiger partial charge on any atom is -0.338 e. The van der Waals surface area contributed by atoms with E-state index in [9.17, 15) is 4.79 Å². The number of unbranched alkanes of at least 4 members (excludes halogenated alkanes) is 3. The van der Waals surface area contributed by atoms with Gasteiger partial charge in [0.05, 0.1) is 22.7 Å². The number of H-pyrrole nitrogens is 1. The number of pyridine rings is 2. The van der Waals surface area contributed by atoms with Crippen LogP contribution in [-0.2, 0) is 6.54 Å². The van der Waals surface area contributed by atoms with Gasteiger partial charge in [-0.05, 0) is 41.8 Å². The maximum Gasteiger partial charge on any atom is 0.315 e. The summed E-state index contributed by atoms with van der Waals surface area (Å²) in [4.78, 5) is 21.4. The van der Waals surface area contributed by atoms with Gasteiger partial charge in [-0.2, -0.15) is 5.10 Å². The van der Waals surface area contributed by atoms with Crippen LogP contribution in [0.2, 0.25) is 0 Å². The van der Waals surface area contributed by atoms with Crippen LogP contribution in [0.3, 0.4) is 0 Å². The zero-order valence-corrected chi connectivity index (χ0v) is 24.6. The van der Waals surface area contributed by atoms with Gasteiger partial charge in [-0.15, -0.1) is 0 Å². The van der Waals surface area contributed by atoms with Crippen molar-refractivity contribution in [3.63, 3.8) is 0 Å². The van der Waals surface area contributed by atoms with Crippen molar-refractivity contribution in [1.82, 2.24) is 30.8 Å². The molecule has 6 rings (SSSR count). The van der Waals surface area contributed by atoms with Crippen LogP contribution in [-0.4, -0.2) is 32.7 Å². The van der Waals surface area contributed by atoms with E-state index >= 15 is 0 Å². The Morgan fingerprint density at radius 2 is 1.57 bits per heavy atom. The van der Waals surface area contributed by atoms with Gasteiger partial charge < -0.3 is 10.6 Å². The lowest BCUT2D eigenvalue weighted by molar-refractivity contribution is 0.240. The van der Waals surface area contributed by atoms with Crippen LogP contribution in [0.4, 0.5) is 4.79 Å². The fourth-order valence-corrected chi connectivity index (χ4v) is 5.10. The molecule has 0 atom stereocenters. The molecule has 7 heteroatoms. The molecule has 0 aliphatic carbocycles. The van der Waals surface area contributed by atoms with Gasteiger partial charge in [0.1, 0.15) is 5.69 Å². The standard InChI is InChI=1S/C33H32N6O.C2H6/c1-2-3-4-7-16-34-33(40)37-19-22-10-12-23(13-11-22)32-31-27-18-24(14-15-29(27)36-21-30(31)38-39-32)26-17-25-8-5-6-9-28(25)35-20-26;1-2/h5-6,8-15,17-18,20-21H,2-4,7,16,19H2,1H3,(H,38,39)(H2,34,37,40);1-2H3. The number of carbonyl (C=O) groups excluding carboxylic acids is 1. The predicted octanol–water partition coefficient (Wildman–Crippen LogP) is 8.40. The van der Waals surface area contributed by atoms with Crippen LogP contribution in [0.1, 0.15) is 52.0 Å². The second kappa shape index (κ2) is 13.7. The molecular formula is C35H38N6O. The topological polar surface area (TPSA) is 95.6 Å². The number of rotatable bonds is 9. The van der Waals surface area contributed by atoms with Crippen molar-refractivity contribution in [2.75, 3.05) is 6.54 Å². The fraction of sp³-hybridized carbons (Fsp3) is 0.257. The highest BCUT2D eigenvalue weighted by molar-refractivity contribution is 6.11. The van der Waals surface area contributed by atoms with Crippen molar-refractivity contribution in [2.45, 2.75) is 53.0 Å². The number of aromatic amines is 1. The molecule has 0 fully saturated rings. The molecule has 0 spiro atoms. The number of carbonyl (C=O) groups is 1. The molecule has 0 saturated heterocycles. The summed E-state index contributed by atoms with van der Waals surface area (Å²) in [5.41, 5.74) is 7.83. The first-order valence-electron chi connectivity index (χ1n) is 14.9. The van der Waals surface area contributed by atoms with Gasteiger partial charge in [0.15, 0.2) is 0 Å². The lowest BCUT2D eigenvalue weighted by Gasteiger charge is -2.09. The third-order valence-corrected chi connectivity index (χ3v) is 7.31. The molecule has 3 aromatic carbocycles. The predicted molar refractivity (Wildman–Crippen MR) is 173 cm³/mol. The van der Waals surface area contributed by atoms with E-state index in [0.29, 0.717) is 13.1 Å².